The van der Waals surface area contributed by atoms with Gasteiger partial charge in [-0.2, -0.15) is 5.10 Å². The van der Waals surface area contributed by atoms with E-state index in [1.54, 1.807) is 12.1 Å². The largest absolute Gasteiger partial charge is 0.382 e. The second kappa shape index (κ2) is 5.65. The Hall–Kier alpha value is -1.60. The van der Waals surface area contributed by atoms with E-state index in [0.717, 1.165) is 9.13 Å². The molecule has 0 aliphatic carbocycles. The van der Waals surface area contributed by atoms with Gasteiger partial charge in [-0.15, -0.1) is 0 Å². The number of nitrogens with zero attached hydrogens (tertiary/aromatic N) is 1. The summed E-state index contributed by atoms with van der Waals surface area (Å²) >= 11 is 8.08. The maximum Gasteiger partial charge on any atom is 0.153 e. The smallest absolute Gasteiger partial charge is 0.153 e. The topological polar surface area (TPSA) is 54.7 Å². The molecule has 1 aromatic heterocycles. The molecule has 0 aliphatic heterocycles. The lowest BCUT2D eigenvalue weighted by atomic mass is 10.0. The number of aromatic amines is 1. The van der Waals surface area contributed by atoms with E-state index in [-0.39, 0.29) is 10.8 Å². The highest BCUT2D eigenvalue weighted by Gasteiger charge is 2.19. The molecule has 3 nitrogen and oxygen atoms in total. The number of rotatable bonds is 2. The summed E-state index contributed by atoms with van der Waals surface area (Å²) in [5, 5.41) is 6.93. The first-order chi connectivity index (χ1) is 10.1. The standard InChI is InChI=1S/C15H10ClFIN3/c16-11-3-1-2-10(13(11)17)12-14(20-21-15(12)19)8-4-6-9(18)7-5-8/h1-7H,(H3,19,20,21). The summed E-state index contributed by atoms with van der Waals surface area (Å²) < 4.78 is 15.4. The van der Waals surface area contributed by atoms with Crippen molar-refractivity contribution in [1.82, 2.24) is 10.2 Å². The first-order valence-electron chi connectivity index (χ1n) is 6.12. The van der Waals surface area contributed by atoms with E-state index >= 15 is 0 Å². The fourth-order valence-corrected chi connectivity index (χ4v) is 2.69. The van der Waals surface area contributed by atoms with Crippen LogP contribution in [0.2, 0.25) is 5.02 Å². The van der Waals surface area contributed by atoms with Gasteiger partial charge in [0.2, 0.25) is 0 Å². The lowest BCUT2D eigenvalue weighted by Crippen LogP contribution is -1.92. The maximum absolute atomic E-state index is 14.3. The van der Waals surface area contributed by atoms with Crippen LogP contribution in [-0.4, -0.2) is 10.2 Å². The molecule has 0 radical (unpaired) electrons. The van der Waals surface area contributed by atoms with Gasteiger partial charge in [0.1, 0.15) is 5.82 Å². The van der Waals surface area contributed by atoms with Crippen LogP contribution >= 0.6 is 34.2 Å². The summed E-state index contributed by atoms with van der Waals surface area (Å²) in [5.74, 6) is -0.260. The number of nitrogen functional groups attached to an aromatic ring is 1. The van der Waals surface area contributed by atoms with Crippen LogP contribution in [0.4, 0.5) is 10.2 Å². The summed E-state index contributed by atoms with van der Waals surface area (Å²) in [5.41, 5.74) is 8.32. The highest BCUT2D eigenvalue weighted by atomic mass is 127. The molecule has 0 amide bonds. The van der Waals surface area contributed by atoms with Crippen LogP contribution in [0.3, 0.4) is 0 Å². The SMILES string of the molecule is Nc1n[nH]c(-c2ccc(I)cc2)c1-c1cccc(Cl)c1F. The molecule has 0 bridgehead atoms. The normalized spacial score (nSPS) is 10.8. The van der Waals surface area contributed by atoms with Gasteiger partial charge < -0.3 is 5.73 Å². The summed E-state index contributed by atoms with van der Waals surface area (Å²) in [6.45, 7) is 0. The molecule has 3 aromatic rings. The number of hydrogen-bond donors (Lipinski definition) is 2. The van der Waals surface area contributed by atoms with Crippen molar-refractivity contribution in [2.24, 2.45) is 0 Å². The molecule has 1 heterocycles. The molecular weight excluding hydrogens is 404 g/mol. The van der Waals surface area contributed by atoms with Crippen LogP contribution in [0.25, 0.3) is 22.4 Å². The molecule has 0 fully saturated rings. The Bertz CT molecular complexity index is 799. The molecule has 3 rings (SSSR count). The van der Waals surface area contributed by atoms with Crippen molar-refractivity contribution in [2.75, 3.05) is 5.73 Å². The van der Waals surface area contributed by atoms with Crippen LogP contribution in [0.5, 0.6) is 0 Å². The van der Waals surface area contributed by atoms with Crippen molar-refractivity contribution in [1.29, 1.82) is 0 Å². The Morgan fingerprint density at radius 3 is 2.57 bits per heavy atom. The van der Waals surface area contributed by atoms with Gasteiger partial charge in [0, 0.05) is 14.7 Å². The minimum Gasteiger partial charge on any atom is -0.382 e. The third kappa shape index (κ3) is 2.63. The third-order valence-corrected chi connectivity index (χ3v) is 4.16. The third-order valence-electron chi connectivity index (χ3n) is 3.15. The molecule has 0 spiro atoms. The Kier molecular flexibility index (Phi) is 3.86. The first-order valence-corrected chi connectivity index (χ1v) is 7.57. The zero-order chi connectivity index (χ0) is 15.0. The fraction of sp³-hybridized carbons (Fsp3) is 0. The minimum atomic E-state index is -0.501. The highest BCUT2D eigenvalue weighted by Crippen LogP contribution is 2.37. The highest BCUT2D eigenvalue weighted by molar-refractivity contribution is 14.1. The molecule has 0 unspecified atom stereocenters. The Balaban J connectivity index is 2.22. The van der Waals surface area contributed by atoms with E-state index in [9.17, 15) is 4.39 Å². The number of hydrogen-bond acceptors (Lipinski definition) is 2. The maximum atomic E-state index is 14.3. The van der Waals surface area contributed by atoms with Crippen molar-refractivity contribution in [3.8, 4) is 22.4 Å². The quantitative estimate of drug-likeness (QED) is 0.597. The van der Waals surface area contributed by atoms with Gasteiger partial charge in [-0.1, -0.05) is 35.9 Å². The van der Waals surface area contributed by atoms with E-state index < -0.39 is 5.82 Å². The Morgan fingerprint density at radius 1 is 1.14 bits per heavy atom. The van der Waals surface area contributed by atoms with Crippen LogP contribution in [0.15, 0.2) is 42.5 Å². The van der Waals surface area contributed by atoms with Gasteiger partial charge in [0.25, 0.3) is 0 Å². The molecule has 0 atom stereocenters. The van der Waals surface area contributed by atoms with Crippen molar-refractivity contribution >= 4 is 40.0 Å². The number of anilines is 1. The predicted octanol–water partition coefficient (Wildman–Crippen LogP) is 4.72. The van der Waals surface area contributed by atoms with Crippen LogP contribution < -0.4 is 5.73 Å². The van der Waals surface area contributed by atoms with Gasteiger partial charge in [-0.05, 0) is 40.8 Å². The van der Waals surface area contributed by atoms with E-state index in [1.165, 1.54) is 6.07 Å². The van der Waals surface area contributed by atoms with Gasteiger partial charge in [0.05, 0.1) is 16.3 Å². The number of H-pyrrole nitrogens is 1. The van der Waals surface area contributed by atoms with Crippen LogP contribution in [0.1, 0.15) is 0 Å². The molecule has 3 N–H and O–H groups in total. The lowest BCUT2D eigenvalue weighted by molar-refractivity contribution is 0.632. The number of nitrogens with one attached hydrogen (secondary N) is 1. The van der Waals surface area contributed by atoms with Crippen LogP contribution in [0, 0.1) is 9.39 Å². The van der Waals surface area contributed by atoms with Gasteiger partial charge in [-0.25, -0.2) is 4.39 Å². The zero-order valence-electron chi connectivity index (χ0n) is 10.7. The van der Waals surface area contributed by atoms with Gasteiger partial charge >= 0.3 is 0 Å². The summed E-state index contributed by atoms with van der Waals surface area (Å²) in [6.07, 6.45) is 0. The van der Waals surface area contributed by atoms with E-state index in [2.05, 4.69) is 32.8 Å². The Morgan fingerprint density at radius 2 is 1.86 bits per heavy atom. The number of aromatic nitrogens is 2. The number of nitrogens with two attached hydrogens (primary N) is 1. The van der Waals surface area contributed by atoms with Gasteiger partial charge in [0.15, 0.2) is 5.82 Å². The number of benzene rings is 2. The van der Waals surface area contributed by atoms with Crippen LogP contribution in [-0.2, 0) is 0 Å². The molecule has 0 saturated carbocycles. The van der Waals surface area contributed by atoms with Gasteiger partial charge in [-0.3, -0.25) is 5.10 Å². The predicted molar refractivity (Wildman–Crippen MR) is 91.6 cm³/mol. The molecule has 0 saturated heterocycles. The van der Waals surface area contributed by atoms with E-state index in [1.807, 2.05) is 24.3 Å². The number of halogens is 3. The summed E-state index contributed by atoms with van der Waals surface area (Å²) in [4.78, 5) is 0. The average molecular weight is 414 g/mol. The lowest BCUT2D eigenvalue weighted by Gasteiger charge is -2.07. The molecule has 0 aliphatic rings. The summed E-state index contributed by atoms with van der Waals surface area (Å²) in [7, 11) is 0. The van der Waals surface area contributed by atoms with Crippen molar-refractivity contribution in [3.05, 3.63) is 56.9 Å². The average Bonchev–Trinajstić information content (AvgIpc) is 2.85. The molecule has 106 valence electrons. The van der Waals surface area contributed by atoms with E-state index in [4.69, 9.17) is 17.3 Å². The molecule has 21 heavy (non-hydrogen) atoms. The molecule has 6 heteroatoms. The monoisotopic (exact) mass is 413 g/mol. The Labute approximate surface area is 139 Å². The first kappa shape index (κ1) is 14.3. The molecular formula is C15H10ClFIN3. The van der Waals surface area contributed by atoms with E-state index in [0.29, 0.717) is 16.8 Å². The minimum absolute atomic E-state index is 0.0571. The fourth-order valence-electron chi connectivity index (χ4n) is 2.15. The second-order valence-corrected chi connectivity index (χ2v) is 6.12. The van der Waals surface area contributed by atoms with Crippen molar-refractivity contribution < 1.29 is 4.39 Å². The second-order valence-electron chi connectivity index (χ2n) is 4.47. The molecule has 2 aromatic carbocycles. The van der Waals surface area contributed by atoms with Crippen molar-refractivity contribution in [3.63, 3.8) is 0 Å². The zero-order valence-corrected chi connectivity index (χ0v) is 13.6. The van der Waals surface area contributed by atoms with Crippen molar-refractivity contribution in [2.45, 2.75) is 0 Å². The summed E-state index contributed by atoms with van der Waals surface area (Å²) in [6, 6.07) is 12.6.